The van der Waals surface area contributed by atoms with Crippen molar-refractivity contribution < 1.29 is 14.6 Å². The van der Waals surface area contributed by atoms with E-state index in [0.29, 0.717) is 13.0 Å². The van der Waals surface area contributed by atoms with Crippen LogP contribution in [-0.2, 0) is 17.8 Å². The maximum atomic E-state index is 11.4. The smallest absolute Gasteiger partial charge is 0.321 e. The van der Waals surface area contributed by atoms with Gasteiger partial charge >= 0.3 is 5.97 Å². The minimum Gasteiger partial charge on any atom is -0.496 e. The Morgan fingerprint density at radius 2 is 1.91 bits per heavy atom. The summed E-state index contributed by atoms with van der Waals surface area (Å²) in [7, 11) is 1.64. The van der Waals surface area contributed by atoms with E-state index in [4.69, 9.17) is 4.74 Å². The molecule has 2 aromatic carbocycles. The lowest BCUT2D eigenvalue weighted by Crippen LogP contribution is -2.38. The molecule has 0 aromatic heterocycles. The van der Waals surface area contributed by atoms with Crippen LogP contribution in [0.15, 0.2) is 48.5 Å². The Kier molecular flexibility index (Phi) is 5.55. The van der Waals surface area contributed by atoms with Crippen LogP contribution in [0.4, 0.5) is 0 Å². The van der Waals surface area contributed by atoms with Gasteiger partial charge in [0, 0.05) is 6.54 Å². The van der Waals surface area contributed by atoms with Crippen LogP contribution in [0.5, 0.6) is 5.75 Å². The van der Waals surface area contributed by atoms with Crippen LogP contribution in [0.3, 0.4) is 0 Å². The van der Waals surface area contributed by atoms with Crippen LogP contribution in [-0.4, -0.2) is 24.2 Å². The fraction of sp³-hybridized carbons (Fsp3) is 0.278. The molecule has 0 bridgehead atoms. The number of methoxy groups -OCH3 is 1. The predicted molar refractivity (Wildman–Crippen MR) is 86.1 cm³/mol. The molecule has 2 rings (SSSR count). The highest BCUT2D eigenvalue weighted by Crippen LogP contribution is 2.18. The highest BCUT2D eigenvalue weighted by molar-refractivity contribution is 5.73. The normalized spacial score (nSPS) is 11.9. The summed E-state index contributed by atoms with van der Waals surface area (Å²) >= 11 is 0. The van der Waals surface area contributed by atoms with Gasteiger partial charge in [-0.2, -0.15) is 0 Å². The Morgan fingerprint density at radius 3 is 2.50 bits per heavy atom. The van der Waals surface area contributed by atoms with Gasteiger partial charge in [-0.25, -0.2) is 0 Å². The molecule has 0 heterocycles. The molecule has 1 atom stereocenters. The van der Waals surface area contributed by atoms with Crippen molar-refractivity contribution in [2.24, 2.45) is 0 Å². The molecule has 0 aliphatic carbocycles. The van der Waals surface area contributed by atoms with Gasteiger partial charge < -0.3 is 15.2 Å². The number of rotatable bonds is 7. The second kappa shape index (κ2) is 7.61. The number of nitrogens with one attached hydrogen (secondary N) is 1. The number of hydrogen-bond acceptors (Lipinski definition) is 3. The fourth-order valence-corrected chi connectivity index (χ4v) is 2.39. The average Bonchev–Trinajstić information content (AvgIpc) is 2.52. The van der Waals surface area contributed by atoms with Crippen LogP contribution in [0, 0.1) is 6.92 Å². The van der Waals surface area contributed by atoms with Crippen molar-refractivity contribution in [3.05, 3.63) is 65.2 Å². The van der Waals surface area contributed by atoms with Gasteiger partial charge in [-0.05, 0) is 36.1 Å². The first-order valence-corrected chi connectivity index (χ1v) is 7.24. The van der Waals surface area contributed by atoms with Gasteiger partial charge in [-0.1, -0.05) is 42.5 Å². The molecule has 2 N–H and O–H groups in total. The van der Waals surface area contributed by atoms with Crippen molar-refractivity contribution in [2.75, 3.05) is 7.11 Å². The van der Waals surface area contributed by atoms with E-state index in [1.165, 1.54) is 0 Å². The molecule has 4 nitrogen and oxygen atoms in total. The maximum absolute atomic E-state index is 11.4. The summed E-state index contributed by atoms with van der Waals surface area (Å²) in [5.41, 5.74) is 3.09. The standard InChI is InChI=1S/C18H21NO3/c1-13-10-15(8-9-17(13)22-2)12-19-16(18(20)21)11-14-6-4-3-5-7-14/h3-10,16,19H,11-12H2,1-2H3,(H,20,21)/t16-/m0/s1. The van der Waals surface area contributed by atoms with Gasteiger partial charge in [0.15, 0.2) is 0 Å². The number of carbonyl (C=O) groups is 1. The van der Waals surface area contributed by atoms with Gasteiger partial charge in [-0.15, -0.1) is 0 Å². The third-order valence-electron chi connectivity index (χ3n) is 3.59. The van der Waals surface area contributed by atoms with Crippen LogP contribution in [0.1, 0.15) is 16.7 Å². The molecular weight excluding hydrogens is 278 g/mol. The highest BCUT2D eigenvalue weighted by atomic mass is 16.5. The molecule has 0 radical (unpaired) electrons. The van der Waals surface area contributed by atoms with Gasteiger partial charge in [0.2, 0.25) is 0 Å². The van der Waals surface area contributed by atoms with Gasteiger partial charge in [0.1, 0.15) is 11.8 Å². The second-order valence-corrected chi connectivity index (χ2v) is 5.27. The molecule has 0 unspecified atom stereocenters. The fourth-order valence-electron chi connectivity index (χ4n) is 2.39. The average molecular weight is 299 g/mol. The summed E-state index contributed by atoms with van der Waals surface area (Å²) in [6.07, 6.45) is 0.464. The van der Waals surface area contributed by atoms with Crippen molar-refractivity contribution in [3.8, 4) is 5.75 Å². The number of aliphatic carboxylic acids is 1. The summed E-state index contributed by atoms with van der Waals surface area (Å²) in [4.78, 5) is 11.4. The van der Waals surface area contributed by atoms with Crippen molar-refractivity contribution in [1.82, 2.24) is 5.32 Å². The Morgan fingerprint density at radius 1 is 1.18 bits per heavy atom. The first-order valence-electron chi connectivity index (χ1n) is 7.24. The Labute approximate surface area is 130 Å². The third kappa shape index (κ3) is 4.33. The molecule has 0 fully saturated rings. The van der Waals surface area contributed by atoms with E-state index in [1.807, 2.05) is 55.5 Å². The molecule has 4 heteroatoms. The van der Waals surface area contributed by atoms with Crippen LogP contribution in [0.25, 0.3) is 0 Å². The number of benzene rings is 2. The zero-order chi connectivity index (χ0) is 15.9. The SMILES string of the molecule is COc1ccc(CN[C@@H](Cc2ccccc2)C(=O)O)cc1C. The lowest BCUT2D eigenvalue weighted by atomic mass is 10.1. The Balaban J connectivity index is 2.00. The number of carboxylic acid groups (broad SMARTS) is 1. The molecule has 116 valence electrons. The minimum atomic E-state index is -0.839. The van der Waals surface area contributed by atoms with E-state index < -0.39 is 12.0 Å². The zero-order valence-corrected chi connectivity index (χ0v) is 12.9. The lowest BCUT2D eigenvalue weighted by molar-refractivity contribution is -0.139. The minimum absolute atomic E-state index is 0.464. The van der Waals surface area contributed by atoms with E-state index in [1.54, 1.807) is 7.11 Å². The van der Waals surface area contributed by atoms with E-state index in [9.17, 15) is 9.90 Å². The molecular formula is C18H21NO3. The number of ether oxygens (including phenoxy) is 1. The summed E-state index contributed by atoms with van der Waals surface area (Å²) in [6.45, 7) is 2.48. The first kappa shape index (κ1) is 16.0. The lowest BCUT2D eigenvalue weighted by Gasteiger charge is -2.15. The van der Waals surface area contributed by atoms with Crippen molar-refractivity contribution >= 4 is 5.97 Å². The molecule has 0 amide bonds. The Hall–Kier alpha value is -2.33. The summed E-state index contributed by atoms with van der Waals surface area (Å²) < 4.78 is 5.23. The number of carboxylic acids is 1. The second-order valence-electron chi connectivity index (χ2n) is 5.27. The predicted octanol–water partition coefficient (Wildman–Crippen LogP) is 2.79. The number of aryl methyl sites for hydroxylation is 1. The summed E-state index contributed by atoms with van der Waals surface area (Å²) in [5.74, 6) is -0.00286. The van der Waals surface area contributed by atoms with E-state index in [0.717, 1.165) is 22.4 Å². The Bertz CT molecular complexity index is 625. The van der Waals surface area contributed by atoms with Gasteiger partial charge in [0.05, 0.1) is 7.11 Å². The largest absolute Gasteiger partial charge is 0.496 e. The summed E-state index contributed by atoms with van der Waals surface area (Å²) in [6, 6.07) is 14.9. The molecule has 0 spiro atoms. The molecule has 0 aliphatic heterocycles. The monoisotopic (exact) mass is 299 g/mol. The first-order chi connectivity index (χ1) is 10.6. The molecule has 0 aliphatic rings. The van der Waals surface area contributed by atoms with E-state index in [2.05, 4.69) is 5.32 Å². The third-order valence-corrected chi connectivity index (χ3v) is 3.59. The summed E-state index contributed by atoms with van der Waals surface area (Å²) in [5, 5.41) is 12.5. The molecule has 0 saturated carbocycles. The van der Waals surface area contributed by atoms with E-state index >= 15 is 0 Å². The topological polar surface area (TPSA) is 58.6 Å². The van der Waals surface area contributed by atoms with Crippen molar-refractivity contribution in [1.29, 1.82) is 0 Å². The van der Waals surface area contributed by atoms with Crippen LogP contribution in [0.2, 0.25) is 0 Å². The van der Waals surface area contributed by atoms with Gasteiger partial charge in [0.25, 0.3) is 0 Å². The molecule has 2 aromatic rings. The van der Waals surface area contributed by atoms with Crippen molar-refractivity contribution in [3.63, 3.8) is 0 Å². The number of hydrogen-bond donors (Lipinski definition) is 2. The molecule has 0 saturated heterocycles. The van der Waals surface area contributed by atoms with Crippen LogP contribution >= 0.6 is 0 Å². The van der Waals surface area contributed by atoms with Gasteiger partial charge in [-0.3, -0.25) is 4.79 Å². The van der Waals surface area contributed by atoms with Crippen molar-refractivity contribution in [2.45, 2.75) is 25.9 Å². The molecule has 22 heavy (non-hydrogen) atoms. The maximum Gasteiger partial charge on any atom is 0.321 e. The van der Waals surface area contributed by atoms with E-state index in [-0.39, 0.29) is 0 Å². The highest BCUT2D eigenvalue weighted by Gasteiger charge is 2.17. The zero-order valence-electron chi connectivity index (χ0n) is 12.9. The van der Waals surface area contributed by atoms with Crippen LogP contribution < -0.4 is 10.1 Å². The quantitative estimate of drug-likeness (QED) is 0.825.